The van der Waals surface area contributed by atoms with Gasteiger partial charge in [0.25, 0.3) is 0 Å². The molecule has 0 fully saturated rings. The Hall–Kier alpha value is -12.8. The molecule has 9 heterocycles. The monoisotopic (exact) mass is 1990 g/mol. The van der Waals surface area contributed by atoms with E-state index in [4.69, 9.17) is 14.2 Å². The van der Waals surface area contributed by atoms with E-state index in [1.54, 1.807) is 67.3 Å². The Morgan fingerprint density at radius 1 is 0.363 bits per heavy atom. The summed E-state index contributed by atoms with van der Waals surface area (Å²) in [6.45, 7) is 7.54. The molecule has 135 heavy (non-hydrogen) atoms. The van der Waals surface area contributed by atoms with Crippen LogP contribution in [0.5, 0.6) is 17.2 Å². The van der Waals surface area contributed by atoms with Crippen LogP contribution in [0.1, 0.15) is 160 Å². The van der Waals surface area contributed by atoms with E-state index in [0.29, 0.717) is 92.7 Å². The Bertz CT molecular complexity index is 5870. The average Bonchev–Trinajstić information content (AvgIpc) is 1.30. The number of thiazole rings is 3. The molecule has 0 unspecified atom stereocenters. The molecular formula is C106H105Br2N15O9S3. The molecule has 15 aromatic rings. The molecule has 29 heteroatoms. The SMILES string of the molecule is CNC(=O)[C@@H](CC(=O)c1cccc2c1OCC[C@@H]2NCc1cncn1Cc1ccc(-c2cncs2)cc1)Cc1ccc(Br)cc1.CNC(=O)[C@@H](CC(=O)c1cccc2c1OCC[C@H]2NCc1cncn1Cc1ccc(-c2cncs2)cc1)Cc1ccc(Br)cc1.CNC(=O)[C@@H](CC(=O)c1cccc2c1OCC[C@H]2NCc1cncn1Cc1ccc(-c2cncs2)cc1)Cc1ccc(C)cc1. The number of fused-ring (bicyclic) bond motifs is 3. The minimum absolute atomic E-state index is 0.0149. The van der Waals surface area contributed by atoms with Gasteiger partial charge in [-0.15, -0.1) is 34.0 Å². The third kappa shape index (κ3) is 24.8. The Kier molecular flexibility index (Phi) is 32.8. The third-order valence-corrected chi connectivity index (χ3v) is 28.2. The zero-order valence-electron chi connectivity index (χ0n) is 75.4. The fourth-order valence-electron chi connectivity index (χ4n) is 17.4. The largest absolute Gasteiger partial charge is 0.492 e. The smallest absolute Gasteiger partial charge is 0.223 e. The van der Waals surface area contributed by atoms with Crippen molar-refractivity contribution in [2.75, 3.05) is 41.0 Å². The van der Waals surface area contributed by atoms with Gasteiger partial charge in [0.1, 0.15) is 17.2 Å². The molecule has 3 aliphatic rings. The Balaban J connectivity index is 0.000000147. The summed E-state index contributed by atoms with van der Waals surface area (Å²) >= 11 is 11.8. The van der Waals surface area contributed by atoms with E-state index in [2.05, 4.69) is 180 Å². The molecule has 6 N–H and O–H groups in total. The van der Waals surface area contributed by atoms with Crippen LogP contribution >= 0.6 is 65.9 Å². The molecule has 24 nitrogen and oxygen atoms in total. The number of hydrogen-bond acceptors (Lipinski definition) is 21. The highest BCUT2D eigenvalue weighted by Crippen LogP contribution is 2.41. The average molecular weight is 1990 g/mol. The van der Waals surface area contributed by atoms with E-state index >= 15 is 0 Å². The number of benzene rings is 9. The second-order valence-corrected chi connectivity index (χ2v) is 38.3. The molecule has 0 radical (unpaired) electrons. The van der Waals surface area contributed by atoms with Crippen molar-refractivity contribution in [2.24, 2.45) is 17.8 Å². The van der Waals surface area contributed by atoms with Crippen molar-refractivity contribution in [1.82, 2.24) is 75.5 Å². The highest BCUT2D eigenvalue weighted by molar-refractivity contribution is 9.10. The number of rotatable bonds is 36. The summed E-state index contributed by atoms with van der Waals surface area (Å²) < 4.78 is 26.7. The number of amides is 3. The number of halogens is 2. The number of Topliss-reactive ketones (excluding diaryl/α,β-unsaturated/α-hetero) is 3. The van der Waals surface area contributed by atoms with Crippen LogP contribution in [0, 0.1) is 24.7 Å². The number of carbonyl (C=O) groups is 6. The van der Waals surface area contributed by atoms with Gasteiger partial charge in [0.05, 0.1) is 104 Å². The van der Waals surface area contributed by atoms with Crippen LogP contribution in [0.15, 0.2) is 282 Å². The lowest BCUT2D eigenvalue weighted by Crippen LogP contribution is -2.31. The number of hydrogen-bond donors (Lipinski definition) is 6. The lowest BCUT2D eigenvalue weighted by Gasteiger charge is -2.28. The topological polar surface area (TPSA) is 294 Å². The molecule has 0 saturated carbocycles. The first-order valence-electron chi connectivity index (χ1n) is 45.1. The Morgan fingerprint density at radius 2 is 0.644 bits per heavy atom. The summed E-state index contributed by atoms with van der Waals surface area (Å²) in [6, 6.07) is 66.7. The highest BCUT2D eigenvalue weighted by Gasteiger charge is 2.34. The van der Waals surface area contributed by atoms with Gasteiger partial charge in [-0.25, -0.2) is 15.0 Å². The number of para-hydroxylation sites is 3. The lowest BCUT2D eigenvalue weighted by molar-refractivity contribution is -0.125. The Morgan fingerprint density at radius 3 is 0.919 bits per heavy atom. The van der Waals surface area contributed by atoms with Crippen LogP contribution in [0.2, 0.25) is 0 Å². The van der Waals surface area contributed by atoms with Gasteiger partial charge in [-0.3, -0.25) is 43.7 Å². The van der Waals surface area contributed by atoms with Gasteiger partial charge in [-0.2, -0.15) is 0 Å². The number of aryl methyl sites for hydroxylation is 1. The van der Waals surface area contributed by atoms with Gasteiger partial charge >= 0.3 is 0 Å². The summed E-state index contributed by atoms with van der Waals surface area (Å²) in [6.07, 6.45) is 21.0. The molecule has 0 spiro atoms. The second kappa shape index (κ2) is 46.4. The molecule has 9 aromatic carbocycles. The van der Waals surface area contributed by atoms with Crippen molar-refractivity contribution in [3.05, 3.63) is 371 Å². The normalized spacial score (nSPS) is 14.8. The van der Waals surface area contributed by atoms with Gasteiger partial charge < -0.3 is 59.8 Å². The first kappa shape index (κ1) is 95.3. The first-order chi connectivity index (χ1) is 65.9. The van der Waals surface area contributed by atoms with Crippen LogP contribution in [-0.4, -0.2) is 120 Å². The zero-order valence-corrected chi connectivity index (χ0v) is 81.0. The predicted octanol–water partition coefficient (Wildman–Crippen LogP) is 19.4. The maximum atomic E-state index is 13.7. The number of carbonyl (C=O) groups excluding carboxylic acids is 6. The first-order valence-corrected chi connectivity index (χ1v) is 49.3. The fraction of sp³-hybridized carbons (Fsp3) is 0.264. The molecule has 6 atom stereocenters. The van der Waals surface area contributed by atoms with E-state index in [1.807, 2.05) is 195 Å². The van der Waals surface area contributed by atoms with Gasteiger partial charge in [-0.1, -0.05) is 195 Å². The quantitative estimate of drug-likeness (QED) is 0.0199. The summed E-state index contributed by atoms with van der Waals surface area (Å²) in [7, 11) is 4.83. The van der Waals surface area contributed by atoms with E-state index in [1.165, 1.54) is 33.4 Å². The van der Waals surface area contributed by atoms with Gasteiger partial charge in [-0.05, 0) is 119 Å². The van der Waals surface area contributed by atoms with Gasteiger partial charge in [0, 0.05) is 198 Å². The standard InChI is InChI=1S/C36H37N5O3S.2C35H34BrN5O3S/c1-24-6-8-25(9-7-24)16-28(36(43)37-2)17-33(42)31-5-3-4-30-32(14-15-44-35(30)31)40-19-29-18-38-22-41(29)21-26-10-12-27(13-11-26)34-20-39-23-45-34;2*1-37-35(43)26(15-23-7-11-27(36)12-8-23)16-32(42)30-4-2-3-29-31(13-14-44-34(29)30)40-18-28-17-38-21-41(28)20-24-5-9-25(10-6-24)33-19-39-22-45-33/h3-13,18,20,22-23,28,32,40H,14-17,19,21H2,1-2H3,(H,37,43);2*2-12,17,19,21-22,26,31,40H,13-16,18,20H2,1H3,(H,37,43)/t28-,32-;26-,31+;26-,31-/m111/s1. The molecular weight excluding hydrogens is 1880 g/mol. The van der Waals surface area contributed by atoms with E-state index in [-0.39, 0.29) is 72.5 Å². The van der Waals surface area contributed by atoms with Crippen molar-refractivity contribution < 1.29 is 43.0 Å². The van der Waals surface area contributed by atoms with Gasteiger partial charge in [0.15, 0.2) is 17.3 Å². The van der Waals surface area contributed by atoms with Crippen LogP contribution in [-0.2, 0) is 72.9 Å². The summed E-state index contributed by atoms with van der Waals surface area (Å²) in [5.41, 5.74) is 24.5. The van der Waals surface area contributed by atoms with E-state index < -0.39 is 17.8 Å². The maximum Gasteiger partial charge on any atom is 0.223 e. The minimum Gasteiger partial charge on any atom is -0.492 e. The molecule has 0 bridgehead atoms. The van der Waals surface area contributed by atoms with Crippen molar-refractivity contribution >= 4 is 101 Å². The van der Waals surface area contributed by atoms with E-state index in [0.717, 1.165) is 118 Å². The van der Waals surface area contributed by atoms with Crippen LogP contribution in [0.4, 0.5) is 0 Å². The molecule has 6 aromatic heterocycles. The summed E-state index contributed by atoms with van der Waals surface area (Å²) in [4.78, 5) is 109. The lowest BCUT2D eigenvalue weighted by atomic mass is 9.89. The minimum atomic E-state index is -0.485. The van der Waals surface area contributed by atoms with Crippen LogP contribution in [0.3, 0.4) is 0 Å². The number of nitrogens with one attached hydrogen (secondary N) is 6. The Labute approximate surface area is 813 Å². The zero-order chi connectivity index (χ0) is 93.5. The number of aromatic nitrogens is 9. The predicted molar refractivity (Wildman–Crippen MR) is 535 cm³/mol. The van der Waals surface area contributed by atoms with Gasteiger partial charge in [0.2, 0.25) is 17.7 Å². The number of ketones is 3. The highest BCUT2D eigenvalue weighted by atomic mass is 79.9. The summed E-state index contributed by atoms with van der Waals surface area (Å²) in [5.74, 6) is -0.325. The second-order valence-electron chi connectivity index (χ2n) is 33.8. The number of imidazole rings is 3. The molecule has 3 amide bonds. The summed E-state index contributed by atoms with van der Waals surface area (Å²) in [5, 5.41) is 19.2. The van der Waals surface area contributed by atoms with Crippen molar-refractivity contribution in [3.8, 4) is 48.6 Å². The van der Waals surface area contributed by atoms with Crippen molar-refractivity contribution in [2.45, 2.75) is 122 Å². The van der Waals surface area contributed by atoms with Crippen molar-refractivity contribution in [3.63, 3.8) is 0 Å². The van der Waals surface area contributed by atoms with Crippen LogP contribution < -0.4 is 46.1 Å². The molecule has 0 saturated heterocycles. The van der Waals surface area contributed by atoms with Crippen molar-refractivity contribution in [1.29, 1.82) is 0 Å². The third-order valence-electron chi connectivity index (χ3n) is 24.7. The maximum absolute atomic E-state index is 13.7. The van der Waals surface area contributed by atoms with E-state index in [9.17, 15) is 28.8 Å². The number of nitrogens with zero attached hydrogens (tertiary/aromatic N) is 9. The van der Waals surface area contributed by atoms with Crippen LogP contribution in [0.25, 0.3) is 31.3 Å². The molecule has 690 valence electrons. The molecule has 18 rings (SSSR count). The molecule has 0 aliphatic carbocycles. The molecule has 3 aliphatic heterocycles. The fourth-order valence-corrected chi connectivity index (χ4v) is 19.8. The number of ether oxygens (including phenoxy) is 3.